The van der Waals surface area contributed by atoms with Gasteiger partial charge >= 0.3 is 5.97 Å². The summed E-state index contributed by atoms with van der Waals surface area (Å²) in [6.07, 6.45) is 0. The summed E-state index contributed by atoms with van der Waals surface area (Å²) in [6, 6.07) is 6.26. The number of hydrogen-bond acceptors (Lipinski definition) is 4. The number of hydrogen-bond donors (Lipinski definition) is 3. The van der Waals surface area contributed by atoms with Crippen molar-refractivity contribution in [2.24, 2.45) is 0 Å². The van der Waals surface area contributed by atoms with E-state index in [-0.39, 0.29) is 20.6 Å². The van der Waals surface area contributed by atoms with E-state index in [1.165, 1.54) is 12.1 Å². The Kier molecular flexibility index (Phi) is 3.83. The van der Waals surface area contributed by atoms with Gasteiger partial charge in [-0.1, -0.05) is 17.7 Å². The molecular weight excluding hydrogens is 360 g/mol. The van der Waals surface area contributed by atoms with Gasteiger partial charge in [0.05, 0.1) is 16.2 Å². The Morgan fingerprint density at radius 1 is 1.35 bits per heavy atom. The van der Waals surface area contributed by atoms with Gasteiger partial charge in [-0.2, -0.15) is 0 Å². The second-order valence-corrected chi connectivity index (χ2v) is 8.07. The van der Waals surface area contributed by atoms with Crippen molar-refractivity contribution < 1.29 is 18.3 Å². The van der Waals surface area contributed by atoms with Crippen molar-refractivity contribution in [2.75, 3.05) is 4.72 Å². The molecule has 9 heteroatoms. The minimum atomic E-state index is -3.81. The van der Waals surface area contributed by atoms with E-state index in [4.69, 9.17) is 16.7 Å². The number of nitrogens with one attached hydrogen (secondary N) is 2. The number of benzene rings is 1. The molecule has 0 saturated heterocycles. The standard InChI is InChI=1S/C14H11ClN2O4S2/c1-7-4-5-22-14(7)23(20,21)17-12-9(15)3-2-8-6-10(13(18)19)16-11(8)12/h2-6,16-17H,1H3,(H,18,19). The molecule has 0 atom stereocenters. The highest BCUT2D eigenvalue weighted by atomic mass is 35.5. The highest BCUT2D eigenvalue weighted by Crippen LogP contribution is 2.34. The van der Waals surface area contributed by atoms with E-state index in [1.807, 2.05) is 0 Å². The van der Waals surface area contributed by atoms with Gasteiger partial charge in [-0.25, -0.2) is 13.2 Å². The summed E-state index contributed by atoms with van der Waals surface area (Å²) in [5.41, 5.74) is 1.04. The fraction of sp³-hybridized carbons (Fsp3) is 0.0714. The number of thiophene rings is 1. The first-order chi connectivity index (χ1) is 10.8. The van der Waals surface area contributed by atoms with Gasteiger partial charge in [-0.05, 0) is 36.1 Å². The van der Waals surface area contributed by atoms with Crippen molar-refractivity contribution >= 4 is 55.5 Å². The van der Waals surface area contributed by atoms with Crippen LogP contribution in [-0.4, -0.2) is 24.5 Å². The molecule has 120 valence electrons. The number of aromatic carboxylic acids is 1. The van der Waals surface area contributed by atoms with Crippen LogP contribution in [0.2, 0.25) is 5.02 Å². The van der Waals surface area contributed by atoms with E-state index < -0.39 is 16.0 Å². The van der Waals surface area contributed by atoms with E-state index in [1.54, 1.807) is 24.4 Å². The molecule has 0 unspecified atom stereocenters. The molecule has 0 aliphatic rings. The lowest BCUT2D eigenvalue weighted by Gasteiger charge is -2.10. The third-order valence-corrected chi connectivity index (χ3v) is 6.63. The number of halogens is 1. The van der Waals surface area contributed by atoms with Gasteiger partial charge in [-0.3, -0.25) is 4.72 Å². The SMILES string of the molecule is Cc1ccsc1S(=O)(=O)Nc1c(Cl)ccc2cc(C(=O)O)[nH]c12. The van der Waals surface area contributed by atoms with Gasteiger partial charge in [0, 0.05) is 5.39 Å². The maximum atomic E-state index is 12.5. The van der Waals surface area contributed by atoms with E-state index in [2.05, 4.69) is 9.71 Å². The average molecular weight is 371 g/mol. The topological polar surface area (TPSA) is 99.3 Å². The summed E-state index contributed by atoms with van der Waals surface area (Å²) in [7, 11) is -3.81. The van der Waals surface area contributed by atoms with Crippen LogP contribution in [0.3, 0.4) is 0 Å². The predicted octanol–water partition coefficient (Wildman–Crippen LogP) is 3.69. The maximum absolute atomic E-state index is 12.5. The largest absolute Gasteiger partial charge is 0.477 e. The predicted molar refractivity (Wildman–Crippen MR) is 90.1 cm³/mol. The minimum absolute atomic E-state index is 0.0463. The number of aromatic nitrogens is 1. The molecule has 0 saturated carbocycles. The number of sulfonamides is 1. The van der Waals surface area contributed by atoms with Crippen LogP contribution < -0.4 is 4.72 Å². The van der Waals surface area contributed by atoms with E-state index in [9.17, 15) is 13.2 Å². The molecule has 1 aromatic carbocycles. The fourth-order valence-electron chi connectivity index (χ4n) is 2.20. The highest BCUT2D eigenvalue weighted by Gasteiger charge is 2.22. The maximum Gasteiger partial charge on any atom is 0.352 e. The van der Waals surface area contributed by atoms with Gasteiger partial charge in [-0.15, -0.1) is 11.3 Å². The lowest BCUT2D eigenvalue weighted by atomic mass is 10.2. The van der Waals surface area contributed by atoms with Gasteiger partial charge in [0.2, 0.25) is 0 Å². The van der Waals surface area contributed by atoms with Crippen LogP contribution >= 0.6 is 22.9 Å². The van der Waals surface area contributed by atoms with Gasteiger partial charge in [0.25, 0.3) is 10.0 Å². The monoisotopic (exact) mass is 370 g/mol. The Morgan fingerprint density at radius 2 is 2.09 bits per heavy atom. The molecule has 0 spiro atoms. The zero-order valence-electron chi connectivity index (χ0n) is 11.8. The molecule has 23 heavy (non-hydrogen) atoms. The van der Waals surface area contributed by atoms with Crippen LogP contribution in [-0.2, 0) is 10.0 Å². The number of carbonyl (C=O) groups is 1. The van der Waals surface area contributed by atoms with Crippen molar-refractivity contribution in [3.8, 4) is 0 Å². The number of H-pyrrole nitrogens is 1. The first kappa shape index (κ1) is 15.9. The zero-order chi connectivity index (χ0) is 16.8. The Morgan fingerprint density at radius 3 is 2.70 bits per heavy atom. The summed E-state index contributed by atoms with van der Waals surface area (Å²) >= 11 is 7.21. The van der Waals surface area contributed by atoms with E-state index in [0.717, 1.165) is 11.3 Å². The number of rotatable bonds is 4. The average Bonchev–Trinajstić information content (AvgIpc) is 3.08. The second kappa shape index (κ2) is 5.55. The lowest BCUT2D eigenvalue weighted by molar-refractivity contribution is 0.0691. The molecule has 0 amide bonds. The van der Waals surface area contributed by atoms with Crippen molar-refractivity contribution in [1.82, 2.24) is 4.98 Å². The molecule has 6 nitrogen and oxygen atoms in total. The van der Waals surface area contributed by atoms with E-state index in [0.29, 0.717) is 16.5 Å². The van der Waals surface area contributed by atoms with Crippen LogP contribution in [0, 0.1) is 6.92 Å². The van der Waals surface area contributed by atoms with Crippen LogP contribution in [0.15, 0.2) is 33.9 Å². The van der Waals surface area contributed by atoms with Crippen LogP contribution in [0.25, 0.3) is 10.9 Å². The van der Waals surface area contributed by atoms with Crippen LogP contribution in [0.1, 0.15) is 16.1 Å². The second-order valence-electron chi connectivity index (χ2n) is 4.87. The smallest absolute Gasteiger partial charge is 0.352 e. The van der Waals surface area contributed by atoms with Crippen LogP contribution in [0.5, 0.6) is 0 Å². The summed E-state index contributed by atoms with van der Waals surface area (Å²) in [4.78, 5) is 13.8. The molecule has 0 fully saturated rings. The lowest BCUT2D eigenvalue weighted by Crippen LogP contribution is -2.13. The fourth-order valence-corrected chi connectivity index (χ4v) is 4.98. The Balaban J connectivity index is 2.14. The Bertz CT molecular complexity index is 1020. The summed E-state index contributed by atoms with van der Waals surface area (Å²) in [6.45, 7) is 1.70. The molecule has 0 aliphatic carbocycles. The summed E-state index contributed by atoms with van der Waals surface area (Å²) < 4.78 is 27.7. The number of carboxylic acid groups (broad SMARTS) is 1. The van der Waals surface area contributed by atoms with Crippen molar-refractivity contribution in [2.45, 2.75) is 11.1 Å². The van der Waals surface area contributed by atoms with Gasteiger partial charge in [0.1, 0.15) is 9.90 Å². The molecule has 3 aromatic rings. The zero-order valence-corrected chi connectivity index (χ0v) is 14.1. The molecule has 0 radical (unpaired) electrons. The first-order valence-corrected chi connectivity index (χ1v) is 9.15. The Hall–Kier alpha value is -2.03. The molecule has 2 heterocycles. The number of fused-ring (bicyclic) bond motifs is 1. The molecule has 2 aromatic heterocycles. The van der Waals surface area contributed by atoms with Crippen LogP contribution in [0.4, 0.5) is 5.69 Å². The number of aromatic amines is 1. The number of aryl methyl sites for hydroxylation is 1. The summed E-state index contributed by atoms with van der Waals surface area (Å²) in [5, 5.41) is 11.5. The van der Waals surface area contributed by atoms with Crippen molar-refractivity contribution in [3.63, 3.8) is 0 Å². The number of carboxylic acids is 1. The minimum Gasteiger partial charge on any atom is -0.477 e. The third-order valence-electron chi connectivity index (χ3n) is 3.27. The first-order valence-electron chi connectivity index (χ1n) is 6.41. The van der Waals surface area contributed by atoms with E-state index >= 15 is 0 Å². The Labute approximate surface area is 140 Å². The molecule has 0 bridgehead atoms. The van der Waals surface area contributed by atoms with Gasteiger partial charge < -0.3 is 10.1 Å². The third kappa shape index (κ3) is 2.80. The molecule has 0 aliphatic heterocycles. The normalized spacial score (nSPS) is 11.7. The highest BCUT2D eigenvalue weighted by molar-refractivity contribution is 7.94. The molecule has 3 rings (SSSR count). The van der Waals surface area contributed by atoms with Crippen molar-refractivity contribution in [1.29, 1.82) is 0 Å². The molecular formula is C14H11ClN2O4S2. The quantitative estimate of drug-likeness (QED) is 0.652. The van der Waals surface area contributed by atoms with Gasteiger partial charge in [0.15, 0.2) is 0 Å². The molecule has 3 N–H and O–H groups in total. The number of anilines is 1. The van der Waals surface area contributed by atoms with Crippen molar-refractivity contribution in [3.05, 3.63) is 45.9 Å². The summed E-state index contributed by atoms with van der Waals surface area (Å²) in [5.74, 6) is -1.14.